The number of halogens is 1. The van der Waals surface area contributed by atoms with Crippen molar-refractivity contribution in [2.24, 2.45) is 11.7 Å². The van der Waals surface area contributed by atoms with E-state index in [1.807, 2.05) is 0 Å². The molecule has 1 saturated carbocycles. The topological polar surface area (TPSA) is 85.8 Å². The van der Waals surface area contributed by atoms with Crippen LogP contribution in [-0.2, 0) is 4.79 Å². The van der Waals surface area contributed by atoms with Crippen molar-refractivity contribution >= 4 is 23.2 Å². The molecule has 2 unspecified atom stereocenters. The summed E-state index contributed by atoms with van der Waals surface area (Å²) < 4.78 is 1.58. The molecule has 110 valence electrons. The fraction of sp³-hybridized carbons (Fsp3) is 0.357. The van der Waals surface area contributed by atoms with Crippen molar-refractivity contribution in [3.8, 4) is 5.69 Å². The Balaban J connectivity index is 1.87. The van der Waals surface area contributed by atoms with Crippen LogP contribution in [0.2, 0.25) is 5.02 Å². The Hall–Kier alpha value is -1.92. The number of carbonyl (C=O) groups is 1. The van der Waals surface area contributed by atoms with Crippen LogP contribution in [-0.4, -0.2) is 26.7 Å². The lowest BCUT2D eigenvalue weighted by atomic mass is 10.0. The van der Waals surface area contributed by atoms with Gasteiger partial charge in [0.2, 0.25) is 5.91 Å². The van der Waals surface area contributed by atoms with E-state index in [9.17, 15) is 4.79 Å². The van der Waals surface area contributed by atoms with Crippen molar-refractivity contribution in [3.63, 3.8) is 0 Å². The van der Waals surface area contributed by atoms with Gasteiger partial charge in [0.25, 0.3) is 0 Å². The van der Waals surface area contributed by atoms with E-state index in [-0.39, 0.29) is 17.9 Å². The molecule has 0 spiro atoms. The zero-order valence-electron chi connectivity index (χ0n) is 11.4. The van der Waals surface area contributed by atoms with Crippen molar-refractivity contribution in [2.45, 2.75) is 25.3 Å². The molecule has 1 fully saturated rings. The molecule has 1 aliphatic carbocycles. The highest BCUT2D eigenvalue weighted by molar-refractivity contribution is 6.31. The van der Waals surface area contributed by atoms with Crippen LogP contribution in [0.15, 0.2) is 30.9 Å². The molecule has 0 radical (unpaired) electrons. The van der Waals surface area contributed by atoms with Crippen LogP contribution in [0, 0.1) is 5.92 Å². The van der Waals surface area contributed by atoms with E-state index >= 15 is 0 Å². The van der Waals surface area contributed by atoms with E-state index in [1.165, 1.54) is 6.33 Å². The monoisotopic (exact) mass is 305 g/mol. The van der Waals surface area contributed by atoms with Crippen LogP contribution in [0.4, 0.5) is 5.69 Å². The number of aromatic nitrogens is 3. The van der Waals surface area contributed by atoms with Gasteiger partial charge < -0.3 is 11.1 Å². The van der Waals surface area contributed by atoms with Crippen molar-refractivity contribution in [2.75, 3.05) is 5.32 Å². The lowest BCUT2D eigenvalue weighted by Crippen LogP contribution is -2.34. The summed E-state index contributed by atoms with van der Waals surface area (Å²) in [6, 6.07) is 5.17. The minimum absolute atomic E-state index is 0.0661. The first-order valence-corrected chi connectivity index (χ1v) is 7.24. The highest BCUT2D eigenvalue weighted by Gasteiger charge is 2.30. The molecule has 1 aliphatic rings. The van der Waals surface area contributed by atoms with E-state index in [1.54, 1.807) is 29.2 Å². The van der Waals surface area contributed by atoms with Gasteiger partial charge in [-0.2, -0.15) is 5.10 Å². The molecule has 3 rings (SSSR count). The number of carbonyl (C=O) groups excluding carboxylic acids is 1. The maximum atomic E-state index is 12.4. The summed E-state index contributed by atoms with van der Waals surface area (Å²) in [6.07, 6.45) is 5.72. The van der Waals surface area contributed by atoms with Gasteiger partial charge in [-0.05, 0) is 31.0 Å². The lowest BCUT2D eigenvalue weighted by Gasteiger charge is -2.17. The van der Waals surface area contributed by atoms with E-state index in [0.717, 1.165) is 24.9 Å². The number of benzene rings is 1. The summed E-state index contributed by atoms with van der Waals surface area (Å²) in [5.41, 5.74) is 7.31. The van der Waals surface area contributed by atoms with Gasteiger partial charge >= 0.3 is 0 Å². The van der Waals surface area contributed by atoms with Crippen molar-refractivity contribution in [3.05, 3.63) is 35.9 Å². The quantitative estimate of drug-likeness (QED) is 0.908. The zero-order valence-corrected chi connectivity index (χ0v) is 12.1. The zero-order chi connectivity index (χ0) is 14.8. The number of amides is 1. The molecule has 1 heterocycles. The predicted molar refractivity (Wildman–Crippen MR) is 80.3 cm³/mol. The van der Waals surface area contributed by atoms with Gasteiger partial charge in [0.05, 0.1) is 17.3 Å². The van der Waals surface area contributed by atoms with E-state index in [2.05, 4.69) is 15.4 Å². The smallest absolute Gasteiger partial charge is 0.229 e. The maximum absolute atomic E-state index is 12.4. The first-order valence-electron chi connectivity index (χ1n) is 6.86. The standard InChI is InChI=1S/C14H16ClN5O/c15-9-4-5-13(20-8-17-7-18-20)12(6-9)19-14(21)10-2-1-3-11(10)16/h4-8,10-11H,1-3,16H2,(H,19,21). The van der Waals surface area contributed by atoms with E-state index < -0.39 is 0 Å². The Morgan fingerprint density at radius 2 is 2.29 bits per heavy atom. The molecule has 2 aromatic rings. The van der Waals surface area contributed by atoms with E-state index in [0.29, 0.717) is 10.7 Å². The van der Waals surface area contributed by atoms with Crippen LogP contribution in [0.25, 0.3) is 5.69 Å². The normalized spacial score (nSPS) is 21.4. The van der Waals surface area contributed by atoms with Crippen LogP contribution >= 0.6 is 11.6 Å². The summed E-state index contributed by atoms with van der Waals surface area (Å²) in [7, 11) is 0. The summed E-state index contributed by atoms with van der Waals surface area (Å²) in [5, 5.41) is 7.55. The maximum Gasteiger partial charge on any atom is 0.229 e. The molecular weight excluding hydrogens is 290 g/mol. The number of hydrogen-bond acceptors (Lipinski definition) is 4. The summed E-state index contributed by atoms with van der Waals surface area (Å²) in [6.45, 7) is 0. The fourth-order valence-electron chi connectivity index (χ4n) is 2.68. The highest BCUT2D eigenvalue weighted by atomic mass is 35.5. The molecule has 0 aliphatic heterocycles. The Labute approximate surface area is 127 Å². The first-order chi connectivity index (χ1) is 10.1. The van der Waals surface area contributed by atoms with Gasteiger partial charge in [0, 0.05) is 11.1 Å². The Morgan fingerprint density at radius 3 is 2.95 bits per heavy atom. The molecule has 7 heteroatoms. The average molecular weight is 306 g/mol. The number of nitrogens with zero attached hydrogens (tertiary/aromatic N) is 3. The largest absolute Gasteiger partial charge is 0.327 e. The fourth-order valence-corrected chi connectivity index (χ4v) is 2.85. The molecule has 0 saturated heterocycles. The number of rotatable bonds is 3. The second kappa shape index (κ2) is 5.83. The third kappa shape index (κ3) is 2.91. The summed E-state index contributed by atoms with van der Waals surface area (Å²) in [5.74, 6) is -0.212. The van der Waals surface area contributed by atoms with Crippen molar-refractivity contribution in [1.29, 1.82) is 0 Å². The van der Waals surface area contributed by atoms with Crippen LogP contribution in [0.1, 0.15) is 19.3 Å². The number of hydrogen-bond donors (Lipinski definition) is 2. The minimum Gasteiger partial charge on any atom is -0.327 e. The van der Waals surface area contributed by atoms with Gasteiger partial charge in [0.15, 0.2) is 0 Å². The van der Waals surface area contributed by atoms with Gasteiger partial charge in [-0.3, -0.25) is 4.79 Å². The van der Waals surface area contributed by atoms with Gasteiger partial charge in [-0.15, -0.1) is 0 Å². The number of nitrogens with one attached hydrogen (secondary N) is 1. The molecule has 0 bridgehead atoms. The highest BCUT2D eigenvalue weighted by Crippen LogP contribution is 2.28. The lowest BCUT2D eigenvalue weighted by molar-refractivity contribution is -0.120. The molecule has 21 heavy (non-hydrogen) atoms. The third-order valence-electron chi connectivity index (χ3n) is 3.79. The first kappa shape index (κ1) is 14.0. The summed E-state index contributed by atoms with van der Waals surface area (Å²) in [4.78, 5) is 16.3. The molecular formula is C14H16ClN5O. The van der Waals surface area contributed by atoms with E-state index in [4.69, 9.17) is 17.3 Å². The Morgan fingerprint density at radius 1 is 1.43 bits per heavy atom. The second-order valence-corrected chi connectivity index (χ2v) is 5.63. The minimum atomic E-state index is -0.146. The van der Waals surface area contributed by atoms with Crippen molar-refractivity contribution < 1.29 is 4.79 Å². The van der Waals surface area contributed by atoms with Crippen LogP contribution < -0.4 is 11.1 Å². The SMILES string of the molecule is NC1CCCC1C(=O)Nc1cc(Cl)ccc1-n1cncn1. The average Bonchev–Trinajstić information content (AvgIpc) is 3.10. The van der Waals surface area contributed by atoms with Gasteiger partial charge in [-0.25, -0.2) is 9.67 Å². The molecule has 2 atom stereocenters. The predicted octanol–water partition coefficient (Wildman–Crippen LogP) is 1.99. The van der Waals surface area contributed by atoms with Crippen LogP contribution in [0.3, 0.4) is 0 Å². The molecule has 6 nitrogen and oxygen atoms in total. The molecule has 3 N–H and O–H groups in total. The second-order valence-electron chi connectivity index (χ2n) is 5.19. The van der Waals surface area contributed by atoms with Gasteiger partial charge in [-0.1, -0.05) is 18.0 Å². The number of nitrogens with two attached hydrogens (primary N) is 1. The Bertz CT molecular complexity index is 643. The third-order valence-corrected chi connectivity index (χ3v) is 4.02. The summed E-state index contributed by atoms with van der Waals surface area (Å²) >= 11 is 6.03. The Kier molecular flexibility index (Phi) is 3.90. The van der Waals surface area contributed by atoms with Crippen molar-refractivity contribution in [1.82, 2.24) is 14.8 Å². The molecule has 1 amide bonds. The molecule has 1 aromatic carbocycles. The molecule has 1 aromatic heterocycles. The number of anilines is 1. The van der Waals surface area contributed by atoms with Gasteiger partial charge in [0.1, 0.15) is 12.7 Å². The van der Waals surface area contributed by atoms with Crippen LogP contribution in [0.5, 0.6) is 0 Å².